The SMILES string of the molecule is CC(C)c1cnn(Cc2cccc3[nH]cnc23)c1. The van der Waals surface area contributed by atoms with Gasteiger partial charge in [0.05, 0.1) is 30.1 Å². The number of fused-ring (bicyclic) bond motifs is 1. The van der Waals surface area contributed by atoms with Crippen molar-refractivity contribution in [1.82, 2.24) is 19.7 Å². The number of H-pyrrole nitrogens is 1. The maximum Gasteiger partial charge on any atom is 0.0933 e. The van der Waals surface area contributed by atoms with Gasteiger partial charge in [-0.25, -0.2) is 4.98 Å². The summed E-state index contributed by atoms with van der Waals surface area (Å²) < 4.78 is 1.97. The number of aromatic nitrogens is 4. The van der Waals surface area contributed by atoms with Crippen LogP contribution in [0, 0.1) is 0 Å². The molecule has 2 aromatic heterocycles. The molecular weight excluding hydrogens is 224 g/mol. The first-order chi connectivity index (χ1) is 8.74. The molecule has 0 saturated carbocycles. The molecule has 0 amide bonds. The molecule has 0 unspecified atom stereocenters. The van der Waals surface area contributed by atoms with Crippen LogP contribution in [0.2, 0.25) is 0 Å². The van der Waals surface area contributed by atoms with Crippen molar-refractivity contribution in [2.45, 2.75) is 26.3 Å². The van der Waals surface area contributed by atoms with E-state index in [9.17, 15) is 0 Å². The minimum Gasteiger partial charge on any atom is -0.345 e. The molecule has 3 rings (SSSR count). The average Bonchev–Trinajstić information content (AvgIpc) is 2.97. The first kappa shape index (κ1) is 11.0. The van der Waals surface area contributed by atoms with E-state index in [1.807, 2.05) is 23.0 Å². The Morgan fingerprint density at radius 3 is 3.00 bits per heavy atom. The molecule has 0 aliphatic heterocycles. The fraction of sp³-hybridized carbons (Fsp3) is 0.286. The predicted octanol–water partition coefficient (Wildman–Crippen LogP) is 2.93. The summed E-state index contributed by atoms with van der Waals surface area (Å²) in [7, 11) is 0. The highest BCUT2D eigenvalue weighted by Gasteiger charge is 2.06. The lowest BCUT2D eigenvalue weighted by atomic mass is 10.1. The van der Waals surface area contributed by atoms with E-state index in [1.54, 1.807) is 6.33 Å². The van der Waals surface area contributed by atoms with Crippen molar-refractivity contribution < 1.29 is 0 Å². The minimum absolute atomic E-state index is 0.514. The first-order valence-corrected chi connectivity index (χ1v) is 6.17. The highest BCUT2D eigenvalue weighted by molar-refractivity contribution is 5.78. The molecule has 1 N–H and O–H groups in total. The van der Waals surface area contributed by atoms with E-state index in [-0.39, 0.29) is 0 Å². The van der Waals surface area contributed by atoms with Gasteiger partial charge in [-0.1, -0.05) is 26.0 Å². The number of para-hydroxylation sites is 1. The van der Waals surface area contributed by atoms with Crippen LogP contribution in [0.4, 0.5) is 0 Å². The molecule has 92 valence electrons. The predicted molar refractivity (Wildman–Crippen MR) is 71.5 cm³/mol. The van der Waals surface area contributed by atoms with Gasteiger partial charge < -0.3 is 4.98 Å². The second-order valence-electron chi connectivity index (χ2n) is 4.84. The Hall–Kier alpha value is -2.10. The van der Waals surface area contributed by atoms with E-state index in [0.717, 1.165) is 17.6 Å². The van der Waals surface area contributed by atoms with Gasteiger partial charge in [-0.2, -0.15) is 5.10 Å². The number of nitrogens with one attached hydrogen (secondary N) is 1. The molecule has 0 bridgehead atoms. The summed E-state index contributed by atoms with van der Waals surface area (Å²) in [5, 5.41) is 4.40. The van der Waals surface area contributed by atoms with Gasteiger partial charge in [0.2, 0.25) is 0 Å². The van der Waals surface area contributed by atoms with Gasteiger partial charge in [-0.3, -0.25) is 4.68 Å². The van der Waals surface area contributed by atoms with Crippen LogP contribution in [0.3, 0.4) is 0 Å². The summed E-state index contributed by atoms with van der Waals surface area (Å²) in [6.07, 6.45) is 5.78. The first-order valence-electron chi connectivity index (χ1n) is 6.17. The van der Waals surface area contributed by atoms with Crippen molar-refractivity contribution >= 4 is 11.0 Å². The Kier molecular flexibility index (Phi) is 2.63. The lowest BCUT2D eigenvalue weighted by Crippen LogP contribution is -2.00. The molecule has 0 saturated heterocycles. The topological polar surface area (TPSA) is 46.5 Å². The molecule has 18 heavy (non-hydrogen) atoms. The van der Waals surface area contributed by atoms with Gasteiger partial charge in [0.25, 0.3) is 0 Å². The molecule has 1 aromatic carbocycles. The normalized spacial score (nSPS) is 11.5. The zero-order valence-corrected chi connectivity index (χ0v) is 10.6. The van der Waals surface area contributed by atoms with Crippen molar-refractivity contribution in [1.29, 1.82) is 0 Å². The van der Waals surface area contributed by atoms with Crippen molar-refractivity contribution in [2.75, 3.05) is 0 Å². The molecule has 4 heteroatoms. The standard InChI is InChI=1S/C14H16N4/c1-10(2)12-6-17-18(8-12)7-11-4-3-5-13-14(11)16-9-15-13/h3-6,8-10H,7H2,1-2H3,(H,15,16). The molecule has 3 aromatic rings. The highest BCUT2D eigenvalue weighted by atomic mass is 15.3. The second kappa shape index (κ2) is 4.29. The molecule has 2 heterocycles. The smallest absolute Gasteiger partial charge is 0.0933 e. The summed E-state index contributed by atoms with van der Waals surface area (Å²) in [4.78, 5) is 7.49. The third kappa shape index (κ3) is 1.90. The van der Waals surface area contributed by atoms with Crippen molar-refractivity contribution in [3.8, 4) is 0 Å². The Morgan fingerprint density at radius 1 is 1.33 bits per heavy atom. The van der Waals surface area contributed by atoms with Crippen molar-refractivity contribution in [2.24, 2.45) is 0 Å². The van der Waals surface area contributed by atoms with Crippen LogP contribution < -0.4 is 0 Å². The summed E-state index contributed by atoms with van der Waals surface area (Å²) in [5.41, 5.74) is 4.55. The summed E-state index contributed by atoms with van der Waals surface area (Å²) >= 11 is 0. The van der Waals surface area contributed by atoms with Crippen LogP contribution in [0.15, 0.2) is 36.9 Å². The zero-order valence-electron chi connectivity index (χ0n) is 10.6. The second-order valence-corrected chi connectivity index (χ2v) is 4.84. The molecule has 0 atom stereocenters. The fourth-order valence-corrected chi connectivity index (χ4v) is 2.09. The molecule has 0 spiro atoms. The van der Waals surface area contributed by atoms with Crippen LogP contribution in [0.1, 0.15) is 30.9 Å². The lowest BCUT2D eigenvalue weighted by molar-refractivity contribution is 0.687. The van der Waals surface area contributed by atoms with Gasteiger partial charge in [0.15, 0.2) is 0 Å². The lowest BCUT2D eigenvalue weighted by Gasteiger charge is -2.03. The number of hydrogen-bond acceptors (Lipinski definition) is 2. The molecule has 0 radical (unpaired) electrons. The van der Waals surface area contributed by atoms with Crippen LogP contribution in [0.5, 0.6) is 0 Å². The van der Waals surface area contributed by atoms with Crippen molar-refractivity contribution in [3.63, 3.8) is 0 Å². The van der Waals surface area contributed by atoms with E-state index < -0.39 is 0 Å². The largest absolute Gasteiger partial charge is 0.345 e. The van der Waals surface area contributed by atoms with E-state index in [4.69, 9.17) is 0 Å². The number of nitrogens with zero attached hydrogens (tertiary/aromatic N) is 3. The molecule has 0 fully saturated rings. The van der Waals surface area contributed by atoms with Crippen LogP contribution in [0.25, 0.3) is 11.0 Å². The molecule has 0 aliphatic rings. The Balaban J connectivity index is 1.93. The van der Waals surface area contributed by atoms with Crippen molar-refractivity contribution in [3.05, 3.63) is 48.0 Å². The van der Waals surface area contributed by atoms with Gasteiger partial charge in [0.1, 0.15) is 0 Å². The Bertz CT molecular complexity index is 663. The third-order valence-corrected chi connectivity index (χ3v) is 3.19. The van der Waals surface area contributed by atoms with E-state index in [0.29, 0.717) is 5.92 Å². The molecule has 0 aliphatic carbocycles. The third-order valence-electron chi connectivity index (χ3n) is 3.19. The summed E-state index contributed by atoms with van der Waals surface area (Å²) in [6.45, 7) is 5.11. The number of rotatable bonds is 3. The monoisotopic (exact) mass is 240 g/mol. The Labute approximate surface area is 106 Å². The Morgan fingerprint density at radius 2 is 2.22 bits per heavy atom. The van der Waals surface area contributed by atoms with Gasteiger partial charge in [-0.05, 0) is 17.5 Å². The molecular formula is C14H16N4. The van der Waals surface area contributed by atoms with E-state index in [1.165, 1.54) is 11.1 Å². The van der Waals surface area contributed by atoms with Gasteiger partial charge in [0, 0.05) is 11.8 Å². The number of aromatic amines is 1. The maximum atomic E-state index is 4.40. The number of imidazole rings is 1. The quantitative estimate of drug-likeness (QED) is 0.765. The number of benzene rings is 1. The van der Waals surface area contributed by atoms with E-state index >= 15 is 0 Å². The van der Waals surface area contributed by atoms with Gasteiger partial charge in [-0.15, -0.1) is 0 Å². The van der Waals surface area contributed by atoms with Gasteiger partial charge >= 0.3 is 0 Å². The number of hydrogen-bond donors (Lipinski definition) is 1. The van der Waals surface area contributed by atoms with E-state index in [2.05, 4.69) is 41.2 Å². The minimum atomic E-state index is 0.514. The molecule has 4 nitrogen and oxygen atoms in total. The van der Waals surface area contributed by atoms with Crippen LogP contribution in [-0.2, 0) is 6.54 Å². The zero-order chi connectivity index (χ0) is 12.5. The van der Waals surface area contributed by atoms with Crippen LogP contribution in [-0.4, -0.2) is 19.7 Å². The summed E-state index contributed by atoms with van der Waals surface area (Å²) in [6, 6.07) is 6.18. The maximum absolute atomic E-state index is 4.40. The van der Waals surface area contributed by atoms with Crippen LogP contribution >= 0.6 is 0 Å². The highest BCUT2D eigenvalue weighted by Crippen LogP contribution is 2.17. The fourth-order valence-electron chi connectivity index (χ4n) is 2.09. The summed E-state index contributed by atoms with van der Waals surface area (Å²) in [5.74, 6) is 0.514. The average molecular weight is 240 g/mol.